The largest absolute Gasteiger partial charge is 0.366 e. The van der Waals surface area contributed by atoms with Crippen LogP contribution in [-0.4, -0.2) is 35.3 Å². The van der Waals surface area contributed by atoms with E-state index >= 15 is 0 Å². The number of fused-ring (bicyclic) bond motifs is 1. The zero-order valence-corrected chi connectivity index (χ0v) is 12.8. The highest BCUT2D eigenvalue weighted by atomic mass is 16.2. The molecule has 0 spiro atoms. The van der Waals surface area contributed by atoms with Crippen LogP contribution >= 0.6 is 0 Å². The molecular weight excluding hydrogens is 292 g/mol. The number of carbonyl (C=O) groups is 2. The summed E-state index contributed by atoms with van der Waals surface area (Å²) in [7, 11) is 2.02. The van der Waals surface area contributed by atoms with Crippen molar-refractivity contribution in [3.8, 4) is 0 Å². The molecule has 1 aliphatic heterocycles. The predicted molar refractivity (Wildman–Crippen MR) is 85.7 cm³/mol. The Bertz CT molecular complexity index is 743. The zero-order valence-electron chi connectivity index (χ0n) is 12.8. The Labute approximate surface area is 134 Å². The minimum atomic E-state index is -0.563. The van der Waals surface area contributed by atoms with E-state index in [-0.39, 0.29) is 23.2 Å². The van der Waals surface area contributed by atoms with E-state index < -0.39 is 5.91 Å². The Kier molecular flexibility index (Phi) is 4.08. The van der Waals surface area contributed by atoms with Gasteiger partial charge in [-0.25, -0.2) is 0 Å². The first-order valence-corrected chi connectivity index (χ1v) is 7.37. The van der Waals surface area contributed by atoms with E-state index in [9.17, 15) is 9.59 Å². The van der Waals surface area contributed by atoms with Gasteiger partial charge in [-0.05, 0) is 30.3 Å². The second-order valence-electron chi connectivity index (χ2n) is 5.72. The van der Waals surface area contributed by atoms with Crippen molar-refractivity contribution in [2.24, 2.45) is 5.73 Å². The SMILES string of the molecule is CN1Cc2ccccc2C(NC(=O)c2ccc(C(N)=O)cn2)C1. The van der Waals surface area contributed by atoms with Gasteiger partial charge in [0.2, 0.25) is 5.91 Å². The molecule has 1 aliphatic rings. The first-order valence-electron chi connectivity index (χ1n) is 7.37. The van der Waals surface area contributed by atoms with E-state index in [4.69, 9.17) is 5.73 Å². The molecule has 3 rings (SSSR count). The van der Waals surface area contributed by atoms with Gasteiger partial charge in [-0.1, -0.05) is 24.3 Å². The number of amides is 2. The third kappa shape index (κ3) is 3.22. The molecule has 1 aromatic heterocycles. The van der Waals surface area contributed by atoms with Gasteiger partial charge in [0.15, 0.2) is 0 Å². The Morgan fingerprint density at radius 3 is 2.74 bits per heavy atom. The van der Waals surface area contributed by atoms with Crippen molar-refractivity contribution in [1.82, 2.24) is 15.2 Å². The molecule has 2 aromatic rings. The smallest absolute Gasteiger partial charge is 0.270 e. The molecule has 1 unspecified atom stereocenters. The number of hydrogen-bond acceptors (Lipinski definition) is 4. The summed E-state index contributed by atoms with van der Waals surface area (Å²) in [6.07, 6.45) is 1.32. The lowest BCUT2D eigenvalue weighted by atomic mass is 9.95. The van der Waals surface area contributed by atoms with Crippen LogP contribution in [0.25, 0.3) is 0 Å². The van der Waals surface area contributed by atoms with Crippen LogP contribution in [0.1, 0.15) is 38.0 Å². The highest BCUT2D eigenvalue weighted by Crippen LogP contribution is 2.25. The minimum absolute atomic E-state index is 0.0879. The monoisotopic (exact) mass is 310 g/mol. The summed E-state index contributed by atoms with van der Waals surface area (Å²) >= 11 is 0. The number of pyridine rings is 1. The lowest BCUT2D eigenvalue weighted by Gasteiger charge is -2.32. The average molecular weight is 310 g/mol. The lowest BCUT2D eigenvalue weighted by Crippen LogP contribution is -2.40. The standard InChI is InChI=1S/C17H18N4O2/c1-21-9-12-4-2-3-5-13(12)15(10-21)20-17(23)14-7-6-11(8-19-14)16(18)22/h2-8,15H,9-10H2,1H3,(H2,18,22)(H,20,23). The highest BCUT2D eigenvalue weighted by Gasteiger charge is 2.25. The Morgan fingerprint density at radius 2 is 2.04 bits per heavy atom. The van der Waals surface area contributed by atoms with Crippen LogP contribution in [0.15, 0.2) is 42.6 Å². The summed E-state index contributed by atoms with van der Waals surface area (Å²) in [6, 6.07) is 11.0. The summed E-state index contributed by atoms with van der Waals surface area (Å²) in [4.78, 5) is 29.6. The van der Waals surface area contributed by atoms with Crippen LogP contribution in [0.3, 0.4) is 0 Å². The molecule has 6 nitrogen and oxygen atoms in total. The molecule has 0 radical (unpaired) electrons. The van der Waals surface area contributed by atoms with Gasteiger partial charge >= 0.3 is 0 Å². The van der Waals surface area contributed by atoms with Gasteiger partial charge < -0.3 is 11.1 Å². The fourth-order valence-corrected chi connectivity index (χ4v) is 2.81. The van der Waals surface area contributed by atoms with Gasteiger partial charge in [0.1, 0.15) is 5.69 Å². The van der Waals surface area contributed by atoms with Crippen molar-refractivity contribution in [2.45, 2.75) is 12.6 Å². The fraction of sp³-hybridized carbons (Fsp3) is 0.235. The quantitative estimate of drug-likeness (QED) is 0.888. The van der Waals surface area contributed by atoms with Gasteiger partial charge in [-0.2, -0.15) is 0 Å². The molecule has 2 amide bonds. The molecule has 0 fully saturated rings. The number of hydrogen-bond donors (Lipinski definition) is 2. The van der Waals surface area contributed by atoms with Crippen molar-refractivity contribution in [2.75, 3.05) is 13.6 Å². The van der Waals surface area contributed by atoms with Crippen LogP contribution in [-0.2, 0) is 6.54 Å². The maximum atomic E-state index is 12.4. The second-order valence-corrected chi connectivity index (χ2v) is 5.72. The summed E-state index contributed by atoms with van der Waals surface area (Å²) < 4.78 is 0. The second kappa shape index (κ2) is 6.18. The zero-order chi connectivity index (χ0) is 16.4. The summed E-state index contributed by atoms with van der Waals surface area (Å²) in [5.41, 5.74) is 8.06. The molecule has 1 atom stereocenters. The molecular formula is C17H18N4O2. The first kappa shape index (κ1) is 15.2. The first-order chi connectivity index (χ1) is 11.0. The number of aromatic nitrogens is 1. The topological polar surface area (TPSA) is 88.3 Å². The summed E-state index contributed by atoms with van der Waals surface area (Å²) in [6.45, 7) is 1.61. The normalized spacial score (nSPS) is 17.3. The molecule has 0 aliphatic carbocycles. The minimum Gasteiger partial charge on any atom is -0.366 e. The molecule has 0 saturated heterocycles. The third-order valence-electron chi connectivity index (χ3n) is 3.95. The van der Waals surface area contributed by atoms with Gasteiger partial charge in [-0.15, -0.1) is 0 Å². The van der Waals surface area contributed by atoms with Crippen molar-refractivity contribution in [1.29, 1.82) is 0 Å². The number of primary amides is 1. The molecule has 6 heteroatoms. The molecule has 1 aromatic carbocycles. The molecule has 2 heterocycles. The van der Waals surface area contributed by atoms with E-state index in [0.29, 0.717) is 0 Å². The van der Waals surface area contributed by atoms with E-state index in [1.807, 2.05) is 25.2 Å². The summed E-state index contributed by atoms with van der Waals surface area (Å²) in [5, 5.41) is 3.01. The van der Waals surface area contributed by atoms with Crippen LogP contribution in [0, 0.1) is 0 Å². The highest BCUT2D eigenvalue weighted by molar-refractivity contribution is 5.95. The average Bonchev–Trinajstić information content (AvgIpc) is 2.54. The third-order valence-corrected chi connectivity index (χ3v) is 3.95. The Morgan fingerprint density at radius 1 is 1.26 bits per heavy atom. The molecule has 118 valence electrons. The predicted octanol–water partition coefficient (Wildman–Crippen LogP) is 1.10. The van der Waals surface area contributed by atoms with E-state index in [1.165, 1.54) is 23.9 Å². The fourth-order valence-electron chi connectivity index (χ4n) is 2.81. The van der Waals surface area contributed by atoms with Gasteiger partial charge in [0.25, 0.3) is 5.91 Å². The van der Waals surface area contributed by atoms with E-state index in [0.717, 1.165) is 18.7 Å². The number of nitrogens with two attached hydrogens (primary N) is 1. The van der Waals surface area contributed by atoms with Crippen molar-refractivity contribution < 1.29 is 9.59 Å². The molecule has 0 bridgehead atoms. The molecule has 0 saturated carbocycles. The lowest BCUT2D eigenvalue weighted by molar-refractivity contribution is 0.0915. The number of nitrogens with one attached hydrogen (secondary N) is 1. The number of carbonyl (C=O) groups excluding carboxylic acids is 2. The van der Waals surface area contributed by atoms with Crippen LogP contribution < -0.4 is 11.1 Å². The van der Waals surface area contributed by atoms with Gasteiger partial charge in [0, 0.05) is 19.3 Å². The van der Waals surface area contributed by atoms with Crippen molar-refractivity contribution in [3.63, 3.8) is 0 Å². The number of benzene rings is 1. The Balaban J connectivity index is 1.79. The van der Waals surface area contributed by atoms with Gasteiger partial charge in [-0.3, -0.25) is 19.5 Å². The van der Waals surface area contributed by atoms with Crippen LogP contribution in [0.2, 0.25) is 0 Å². The van der Waals surface area contributed by atoms with E-state index in [2.05, 4.69) is 21.3 Å². The maximum Gasteiger partial charge on any atom is 0.270 e. The Hall–Kier alpha value is -2.73. The van der Waals surface area contributed by atoms with Gasteiger partial charge in [0.05, 0.1) is 11.6 Å². The van der Waals surface area contributed by atoms with E-state index in [1.54, 1.807) is 0 Å². The maximum absolute atomic E-state index is 12.4. The number of nitrogens with zero attached hydrogens (tertiary/aromatic N) is 2. The molecule has 23 heavy (non-hydrogen) atoms. The van der Waals surface area contributed by atoms with Crippen LogP contribution in [0.5, 0.6) is 0 Å². The van der Waals surface area contributed by atoms with Crippen molar-refractivity contribution >= 4 is 11.8 Å². The summed E-state index contributed by atoms with van der Waals surface area (Å²) in [5.74, 6) is -0.830. The number of rotatable bonds is 3. The molecule has 3 N–H and O–H groups in total. The van der Waals surface area contributed by atoms with Crippen molar-refractivity contribution in [3.05, 3.63) is 65.0 Å². The number of likely N-dealkylation sites (N-methyl/N-ethyl adjacent to an activating group) is 1. The van der Waals surface area contributed by atoms with Crippen LogP contribution in [0.4, 0.5) is 0 Å².